The fourth-order valence-corrected chi connectivity index (χ4v) is 2.08. The van der Waals surface area contributed by atoms with E-state index in [1.807, 2.05) is 0 Å². The highest BCUT2D eigenvalue weighted by molar-refractivity contribution is 6.30. The fourth-order valence-electron chi connectivity index (χ4n) is 1.95. The first-order chi connectivity index (χ1) is 9.07. The van der Waals surface area contributed by atoms with Gasteiger partial charge in [-0.15, -0.1) is 0 Å². The number of hydrogen-bond acceptors (Lipinski definition) is 4. The van der Waals surface area contributed by atoms with Crippen molar-refractivity contribution in [3.8, 4) is 5.75 Å². The third-order valence-electron chi connectivity index (χ3n) is 3.24. The molecule has 0 aliphatic carbocycles. The van der Waals surface area contributed by atoms with Gasteiger partial charge in [-0.2, -0.15) is 0 Å². The molecule has 1 heterocycles. The van der Waals surface area contributed by atoms with Crippen molar-refractivity contribution in [1.82, 2.24) is 5.32 Å². The summed E-state index contributed by atoms with van der Waals surface area (Å²) < 4.78 is 10.8. The maximum Gasteiger partial charge on any atom is 0.119 e. The summed E-state index contributed by atoms with van der Waals surface area (Å²) in [5.41, 5.74) is -0.0265. The molecule has 1 aliphatic rings. The van der Waals surface area contributed by atoms with E-state index in [0.29, 0.717) is 23.9 Å². The monoisotopic (exact) mass is 285 g/mol. The lowest BCUT2D eigenvalue weighted by atomic mass is 10.0. The molecule has 1 saturated heterocycles. The zero-order valence-electron chi connectivity index (χ0n) is 11.1. The van der Waals surface area contributed by atoms with Crippen molar-refractivity contribution < 1.29 is 14.6 Å². The Hall–Kier alpha value is -0.810. The Balaban J connectivity index is 1.69. The second-order valence-corrected chi connectivity index (χ2v) is 5.60. The summed E-state index contributed by atoms with van der Waals surface area (Å²) in [6.45, 7) is 4.32. The van der Waals surface area contributed by atoms with Gasteiger partial charge in [0.2, 0.25) is 0 Å². The quantitative estimate of drug-likeness (QED) is 0.837. The number of halogens is 1. The molecule has 2 unspecified atom stereocenters. The molecular formula is C14H20ClNO3. The summed E-state index contributed by atoms with van der Waals surface area (Å²) in [5, 5.41) is 13.9. The van der Waals surface area contributed by atoms with E-state index in [0.717, 1.165) is 13.0 Å². The normalized spacial score (nSPS) is 24.4. The minimum atomic E-state index is -0.548. The molecule has 0 saturated carbocycles. The van der Waals surface area contributed by atoms with Crippen molar-refractivity contribution in [3.05, 3.63) is 29.3 Å². The number of aliphatic hydroxyl groups is 1. The van der Waals surface area contributed by atoms with Gasteiger partial charge in [0.05, 0.1) is 6.61 Å². The summed E-state index contributed by atoms with van der Waals surface area (Å²) >= 11 is 5.79. The van der Waals surface area contributed by atoms with E-state index in [1.54, 1.807) is 24.3 Å². The van der Waals surface area contributed by atoms with E-state index < -0.39 is 6.10 Å². The molecule has 1 aromatic rings. The smallest absolute Gasteiger partial charge is 0.119 e. The molecule has 0 radical (unpaired) electrons. The van der Waals surface area contributed by atoms with Crippen LogP contribution in [0.5, 0.6) is 5.75 Å². The molecular weight excluding hydrogens is 266 g/mol. The van der Waals surface area contributed by atoms with Crippen LogP contribution in [0.1, 0.15) is 13.3 Å². The Bertz CT molecular complexity index is 390. The average Bonchev–Trinajstić information content (AvgIpc) is 2.83. The maximum atomic E-state index is 9.89. The van der Waals surface area contributed by atoms with E-state index in [1.165, 1.54) is 0 Å². The van der Waals surface area contributed by atoms with Gasteiger partial charge in [-0.25, -0.2) is 0 Å². The molecule has 0 bridgehead atoms. The summed E-state index contributed by atoms with van der Waals surface area (Å²) in [4.78, 5) is 0. The van der Waals surface area contributed by atoms with Crippen LogP contribution in [-0.4, -0.2) is 43.1 Å². The molecule has 1 fully saturated rings. The van der Waals surface area contributed by atoms with Crippen LogP contribution < -0.4 is 10.1 Å². The molecule has 5 heteroatoms. The Morgan fingerprint density at radius 3 is 2.84 bits per heavy atom. The molecule has 2 rings (SSSR count). The molecule has 4 nitrogen and oxygen atoms in total. The number of hydrogen-bond donors (Lipinski definition) is 2. The topological polar surface area (TPSA) is 50.7 Å². The van der Waals surface area contributed by atoms with Crippen LogP contribution in [-0.2, 0) is 4.74 Å². The highest BCUT2D eigenvalue weighted by Gasteiger charge is 2.29. The van der Waals surface area contributed by atoms with E-state index in [4.69, 9.17) is 21.1 Å². The molecule has 0 spiro atoms. The van der Waals surface area contributed by atoms with Crippen LogP contribution in [0.4, 0.5) is 0 Å². The van der Waals surface area contributed by atoms with Crippen LogP contribution in [0.3, 0.4) is 0 Å². The summed E-state index contributed by atoms with van der Waals surface area (Å²) in [6, 6.07) is 7.10. The lowest BCUT2D eigenvalue weighted by Gasteiger charge is -2.25. The first-order valence-electron chi connectivity index (χ1n) is 6.47. The van der Waals surface area contributed by atoms with Crippen LogP contribution in [0, 0.1) is 0 Å². The number of ether oxygens (including phenoxy) is 2. The third kappa shape index (κ3) is 4.66. The van der Waals surface area contributed by atoms with Gasteiger partial charge in [-0.05, 0) is 37.6 Å². The largest absolute Gasteiger partial charge is 0.491 e. The number of benzene rings is 1. The number of nitrogens with one attached hydrogen (secondary N) is 1. The molecule has 106 valence electrons. The first-order valence-corrected chi connectivity index (χ1v) is 6.84. The van der Waals surface area contributed by atoms with Gasteiger partial charge in [0.25, 0.3) is 0 Å². The van der Waals surface area contributed by atoms with Crippen molar-refractivity contribution in [3.63, 3.8) is 0 Å². The number of β-amino-alcohol motifs (C(OH)–C–C–N with tert-alkyl or cyclic N) is 1. The Kier molecular flexibility index (Phi) is 5.05. The Morgan fingerprint density at radius 2 is 2.21 bits per heavy atom. The van der Waals surface area contributed by atoms with Gasteiger partial charge < -0.3 is 19.9 Å². The van der Waals surface area contributed by atoms with Gasteiger partial charge in [0.1, 0.15) is 18.5 Å². The third-order valence-corrected chi connectivity index (χ3v) is 3.49. The zero-order valence-corrected chi connectivity index (χ0v) is 11.8. The first kappa shape index (κ1) is 14.6. The van der Waals surface area contributed by atoms with Gasteiger partial charge >= 0.3 is 0 Å². The Morgan fingerprint density at radius 1 is 1.47 bits per heavy atom. The molecule has 0 aromatic heterocycles. The van der Waals surface area contributed by atoms with Crippen LogP contribution in [0.2, 0.25) is 5.02 Å². The standard InChI is InChI=1S/C14H20ClNO3/c1-14(6-7-18-10-14)16-8-12(17)9-19-13-4-2-11(15)3-5-13/h2-5,12,16-17H,6-10H2,1H3. The number of rotatable bonds is 6. The van der Waals surface area contributed by atoms with E-state index in [-0.39, 0.29) is 12.1 Å². The second kappa shape index (κ2) is 6.57. The van der Waals surface area contributed by atoms with Gasteiger partial charge in [0.15, 0.2) is 0 Å². The van der Waals surface area contributed by atoms with Crippen molar-refractivity contribution in [2.75, 3.05) is 26.4 Å². The highest BCUT2D eigenvalue weighted by atomic mass is 35.5. The minimum absolute atomic E-state index is 0.0265. The molecule has 1 aliphatic heterocycles. The Labute approximate surface area is 118 Å². The van der Waals surface area contributed by atoms with Gasteiger partial charge in [0, 0.05) is 23.7 Å². The second-order valence-electron chi connectivity index (χ2n) is 5.16. The van der Waals surface area contributed by atoms with E-state index in [2.05, 4.69) is 12.2 Å². The zero-order chi connectivity index (χ0) is 13.7. The lowest BCUT2D eigenvalue weighted by molar-refractivity contribution is 0.0944. The summed E-state index contributed by atoms with van der Waals surface area (Å²) in [5.74, 6) is 0.707. The average molecular weight is 286 g/mol. The van der Waals surface area contributed by atoms with Gasteiger partial charge in [-0.3, -0.25) is 0 Å². The predicted molar refractivity (Wildman–Crippen MR) is 74.8 cm³/mol. The molecule has 1 aromatic carbocycles. The van der Waals surface area contributed by atoms with Gasteiger partial charge in [-0.1, -0.05) is 11.6 Å². The SMILES string of the molecule is CC1(NCC(O)COc2ccc(Cl)cc2)CCOC1. The maximum absolute atomic E-state index is 9.89. The van der Waals surface area contributed by atoms with Crippen molar-refractivity contribution in [1.29, 1.82) is 0 Å². The molecule has 19 heavy (non-hydrogen) atoms. The number of aliphatic hydroxyl groups excluding tert-OH is 1. The van der Waals surface area contributed by atoms with Crippen molar-refractivity contribution in [2.24, 2.45) is 0 Å². The van der Waals surface area contributed by atoms with E-state index >= 15 is 0 Å². The predicted octanol–water partition coefficient (Wildman–Crippen LogP) is 1.85. The van der Waals surface area contributed by atoms with Crippen molar-refractivity contribution in [2.45, 2.75) is 25.0 Å². The van der Waals surface area contributed by atoms with Crippen molar-refractivity contribution >= 4 is 11.6 Å². The van der Waals surface area contributed by atoms with Crippen LogP contribution in [0.15, 0.2) is 24.3 Å². The lowest BCUT2D eigenvalue weighted by Crippen LogP contribution is -2.47. The highest BCUT2D eigenvalue weighted by Crippen LogP contribution is 2.18. The molecule has 2 atom stereocenters. The minimum Gasteiger partial charge on any atom is -0.491 e. The fraction of sp³-hybridized carbons (Fsp3) is 0.571. The van der Waals surface area contributed by atoms with Crippen LogP contribution in [0.25, 0.3) is 0 Å². The van der Waals surface area contributed by atoms with E-state index in [9.17, 15) is 5.11 Å². The summed E-state index contributed by atoms with van der Waals surface area (Å²) in [6.07, 6.45) is 0.422. The van der Waals surface area contributed by atoms with Crippen LogP contribution >= 0.6 is 11.6 Å². The molecule has 2 N–H and O–H groups in total. The molecule has 0 amide bonds. The summed E-state index contributed by atoms with van der Waals surface area (Å²) in [7, 11) is 0.